The number of aliphatic hydroxyl groups is 1. The van der Waals surface area contributed by atoms with E-state index in [1.807, 2.05) is 17.8 Å². The van der Waals surface area contributed by atoms with Gasteiger partial charge in [-0.1, -0.05) is 0 Å². The number of hydrogen-bond donors (Lipinski definition) is 3. The Bertz CT molecular complexity index is 678. The number of ether oxygens (including phenoxy) is 1. The van der Waals surface area contributed by atoms with Gasteiger partial charge >= 0.3 is 0 Å². The van der Waals surface area contributed by atoms with Crippen molar-refractivity contribution in [1.82, 2.24) is 14.9 Å². The molecule has 138 valence electrons. The van der Waals surface area contributed by atoms with E-state index in [1.165, 1.54) is 0 Å². The number of β-amino-alcohol motifs (C(OH)–C–C–N with tert-alkyl or cyclic N) is 1. The van der Waals surface area contributed by atoms with Crippen molar-refractivity contribution in [1.29, 1.82) is 0 Å². The maximum absolute atomic E-state index is 12.0. The fourth-order valence-electron chi connectivity index (χ4n) is 2.46. The van der Waals surface area contributed by atoms with E-state index in [0.717, 1.165) is 5.82 Å². The lowest BCUT2D eigenvalue weighted by molar-refractivity contribution is -0.117. The molecule has 9 heteroatoms. The van der Waals surface area contributed by atoms with Gasteiger partial charge in [-0.05, 0) is 30.7 Å². The summed E-state index contributed by atoms with van der Waals surface area (Å²) in [4.78, 5) is 16.2. The Hall–Kier alpha value is -1.80. The van der Waals surface area contributed by atoms with Crippen LogP contribution in [0.1, 0.15) is 12.2 Å². The number of amides is 1. The summed E-state index contributed by atoms with van der Waals surface area (Å²) >= 11 is 0. The van der Waals surface area contributed by atoms with Crippen molar-refractivity contribution in [2.75, 3.05) is 11.9 Å². The summed E-state index contributed by atoms with van der Waals surface area (Å²) in [5, 5.41) is 15.3. The van der Waals surface area contributed by atoms with Crippen molar-refractivity contribution in [3.05, 3.63) is 42.5 Å². The molecule has 2 aromatic rings. The van der Waals surface area contributed by atoms with Crippen LogP contribution in [-0.4, -0.2) is 39.3 Å². The first-order chi connectivity index (χ1) is 11.1. The Kier molecular flexibility index (Phi) is 8.18. The number of carbonyl (C=O) groups excluding carboxylic acids is 1. The number of hydrogen-bond acceptors (Lipinski definition) is 5. The fourth-order valence-corrected chi connectivity index (χ4v) is 2.46. The molecule has 1 aromatic carbocycles. The maximum Gasteiger partial charge on any atom is 0.241 e. The van der Waals surface area contributed by atoms with Crippen LogP contribution in [0.2, 0.25) is 0 Å². The van der Waals surface area contributed by atoms with Crippen molar-refractivity contribution in [2.24, 2.45) is 7.05 Å². The first kappa shape index (κ1) is 21.2. The van der Waals surface area contributed by atoms with Crippen molar-refractivity contribution in [3.63, 3.8) is 0 Å². The molecule has 0 radical (unpaired) electrons. The highest BCUT2D eigenvalue weighted by molar-refractivity contribution is 5.95. The number of halogens is 2. The van der Waals surface area contributed by atoms with Crippen LogP contribution in [0.15, 0.2) is 36.7 Å². The van der Waals surface area contributed by atoms with E-state index in [9.17, 15) is 9.90 Å². The molecule has 2 heterocycles. The second-order valence-corrected chi connectivity index (χ2v) is 5.61. The van der Waals surface area contributed by atoms with Crippen molar-refractivity contribution >= 4 is 36.4 Å². The van der Waals surface area contributed by atoms with Gasteiger partial charge in [0.15, 0.2) is 0 Å². The van der Waals surface area contributed by atoms with Crippen LogP contribution >= 0.6 is 24.8 Å². The summed E-state index contributed by atoms with van der Waals surface area (Å²) in [6, 6.07) is 6.84. The van der Waals surface area contributed by atoms with Gasteiger partial charge in [-0.15, -0.1) is 24.8 Å². The number of benzene rings is 1. The molecular formula is C16H22Cl2N4O3. The van der Waals surface area contributed by atoms with Crippen LogP contribution in [0.5, 0.6) is 5.75 Å². The summed E-state index contributed by atoms with van der Waals surface area (Å²) < 4.78 is 7.56. The number of nitrogens with one attached hydrogen (secondary N) is 2. The Morgan fingerprint density at radius 1 is 1.40 bits per heavy atom. The van der Waals surface area contributed by atoms with Crippen LogP contribution in [-0.2, 0) is 18.4 Å². The summed E-state index contributed by atoms with van der Waals surface area (Å²) in [5.74, 6) is 1.41. The van der Waals surface area contributed by atoms with Crippen molar-refractivity contribution in [2.45, 2.75) is 25.2 Å². The molecule has 1 aliphatic rings. The number of imidazole rings is 1. The third kappa shape index (κ3) is 5.61. The molecule has 25 heavy (non-hydrogen) atoms. The highest BCUT2D eigenvalue weighted by Gasteiger charge is 2.27. The predicted octanol–water partition coefficient (Wildman–Crippen LogP) is 1.50. The molecule has 0 saturated carbocycles. The largest absolute Gasteiger partial charge is 0.486 e. The Morgan fingerprint density at radius 2 is 2.12 bits per heavy atom. The normalized spacial score (nSPS) is 18.8. The zero-order valence-electron chi connectivity index (χ0n) is 13.7. The van der Waals surface area contributed by atoms with Gasteiger partial charge in [-0.3, -0.25) is 4.79 Å². The van der Waals surface area contributed by atoms with Gasteiger partial charge in [-0.2, -0.15) is 0 Å². The Labute approximate surface area is 158 Å². The van der Waals surface area contributed by atoms with Gasteiger partial charge < -0.3 is 25.0 Å². The van der Waals surface area contributed by atoms with Gasteiger partial charge in [-0.25, -0.2) is 4.98 Å². The average molecular weight is 389 g/mol. The van der Waals surface area contributed by atoms with Crippen molar-refractivity contribution in [3.8, 4) is 5.75 Å². The summed E-state index contributed by atoms with van der Waals surface area (Å²) in [7, 11) is 1.91. The number of aromatic nitrogens is 2. The van der Waals surface area contributed by atoms with Gasteiger partial charge in [0.25, 0.3) is 0 Å². The van der Waals surface area contributed by atoms with E-state index >= 15 is 0 Å². The zero-order chi connectivity index (χ0) is 16.2. The first-order valence-electron chi connectivity index (χ1n) is 7.53. The topological polar surface area (TPSA) is 88.4 Å². The van der Waals surface area contributed by atoms with Crippen LogP contribution < -0.4 is 15.4 Å². The third-order valence-corrected chi connectivity index (χ3v) is 3.83. The molecule has 2 atom stereocenters. The highest BCUT2D eigenvalue weighted by atomic mass is 35.5. The summed E-state index contributed by atoms with van der Waals surface area (Å²) in [6.45, 7) is 0.844. The Morgan fingerprint density at radius 3 is 2.68 bits per heavy atom. The predicted molar refractivity (Wildman–Crippen MR) is 99.5 cm³/mol. The zero-order valence-corrected chi connectivity index (χ0v) is 15.3. The quantitative estimate of drug-likeness (QED) is 0.722. The molecule has 1 fully saturated rings. The van der Waals surface area contributed by atoms with E-state index in [-0.39, 0.29) is 36.8 Å². The van der Waals surface area contributed by atoms with Gasteiger partial charge in [0.05, 0.1) is 12.1 Å². The lowest BCUT2D eigenvalue weighted by atomic mass is 10.2. The lowest BCUT2D eigenvalue weighted by Gasteiger charge is -2.12. The standard InChI is InChI=1S/C16H20N4O3.2ClH/c1-20-7-6-17-15(20)10-23-13-4-2-11(3-5-13)19-16(22)14-8-12(21)9-18-14;;/h2-7,12,14,18,21H,8-10H2,1H3,(H,19,22);2*1H. The molecule has 2 unspecified atom stereocenters. The third-order valence-electron chi connectivity index (χ3n) is 3.83. The molecular weight excluding hydrogens is 367 g/mol. The molecule has 0 aliphatic carbocycles. The molecule has 1 amide bonds. The number of carbonyl (C=O) groups is 1. The van der Waals surface area contributed by atoms with Crippen molar-refractivity contribution < 1.29 is 14.6 Å². The van der Waals surface area contributed by atoms with E-state index in [4.69, 9.17) is 4.74 Å². The molecule has 7 nitrogen and oxygen atoms in total. The molecule has 0 spiro atoms. The van der Waals surface area contributed by atoms with E-state index in [1.54, 1.807) is 30.5 Å². The molecule has 1 aromatic heterocycles. The lowest BCUT2D eigenvalue weighted by Crippen LogP contribution is -2.35. The van der Waals surface area contributed by atoms with Gasteiger partial charge in [0.1, 0.15) is 18.2 Å². The minimum Gasteiger partial charge on any atom is -0.486 e. The monoisotopic (exact) mass is 388 g/mol. The average Bonchev–Trinajstić information content (AvgIpc) is 3.15. The molecule has 3 rings (SSSR count). The van der Waals surface area contributed by atoms with Gasteiger partial charge in [0.2, 0.25) is 5.91 Å². The minimum absolute atomic E-state index is 0. The molecule has 1 saturated heterocycles. The fraction of sp³-hybridized carbons (Fsp3) is 0.375. The van der Waals surface area contributed by atoms with E-state index in [0.29, 0.717) is 31.0 Å². The van der Waals surface area contributed by atoms with Crippen LogP contribution in [0.25, 0.3) is 0 Å². The van der Waals surface area contributed by atoms with E-state index in [2.05, 4.69) is 15.6 Å². The molecule has 0 bridgehead atoms. The molecule has 3 N–H and O–H groups in total. The summed E-state index contributed by atoms with van der Waals surface area (Å²) in [6.07, 6.45) is 3.58. The number of rotatable bonds is 5. The van der Waals surface area contributed by atoms with Gasteiger partial charge in [0, 0.05) is 31.7 Å². The maximum atomic E-state index is 12.0. The highest BCUT2D eigenvalue weighted by Crippen LogP contribution is 2.18. The number of nitrogens with zero attached hydrogens (tertiary/aromatic N) is 2. The first-order valence-corrected chi connectivity index (χ1v) is 7.53. The number of aliphatic hydroxyl groups excluding tert-OH is 1. The van der Waals surface area contributed by atoms with Crippen LogP contribution in [0.3, 0.4) is 0 Å². The Balaban J connectivity index is 0.00000156. The second-order valence-electron chi connectivity index (χ2n) is 5.61. The smallest absolute Gasteiger partial charge is 0.241 e. The second kappa shape index (κ2) is 9.62. The number of aryl methyl sites for hydroxylation is 1. The van der Waals surface area contributed by atoms with Crippen LogP contribution in [0, 0.1) is 0 Å². The SMILES string of the molecule is Cl.Cl.Cn1ccnc1COc1ccc(NC(=O)C2CC(O)CN2)cc1. The number of anilines is 1. The summed E-state index contributed by atoms with van der Waals surface area (Å²) in [5.41, 5.74) is 0.697. The van der Waals surface area contributed by atoms with Crippen LogP contribution in [0.4, 0.5) is 5.69 Å². The van der Waals surface area contributed by atoms with E-state index < -0.39 is 6.10 Å². The minimum atomic E-state index is -0.451. The molecule has 1 aliphatic heterocycles.